The molecule has 3 aromatic carbocycles. The molecular formula is C24H19F2N2O4PS. The highest BCUT2D eigenvalue weighted by Crippen LogP contribution is 2.47. The Hall–Kier alpha value is -3.47. The number of nitrogens with zero attached hydrogens (tertiary/aromatic N) is 2. The van der Waals surface area contributed by atoms with Gasteiger partial charge in [-0.1, -0.05) is 18.2 Å². The fourth-order valence-electron chi connectivity index (χ4n) is 3.61. The molecule has 0 radical (unpaired) electrons. The lowest BCUT2D eigenvalue weighted by Gasteiger charge is -2.17. The number of halogens is 2. The van der Waals surface area contributed by atoms with Gasteiger partial charge < -0.3 is 9.30 Å². The highest BCUT2D eigenvalue weighted by Gasteiger charge is 2.26. The molecule has 34 heavy (non-hydrogen) atoms. The summed E-state index contributed by atoms with van der Waals surface area (Å²) in [7, 11) is -6.80. The molecule has 10 heteroatoms. The SMILES string of the molecule is CP(C)(=O)Cc1c(Oc2ccc(F)c(C#N)c2)c(F)cc2c1ccn2S(=O)(=O)c1ccccc1. The quantitative estimate of drug-likeness (QED) is 0.306. The summed E-state index contributed by atoms with van der Waals surface area (Å²) in [6.07, 6.45) is 1.24. The van der Waals surface area contributed by atoms with E-state index in [1.165, 1.54) is 43.8 Å². The second kappa shape index (κ2) is 8.71. The van der Waals surface area contributed by atoms with Gasteiger partial charge in [-0.2, -0.15) is 5.26 Å². The largest absolute Gasteiger partial charge is 0.454 e. The Morgan fingerprint density at radius 2 is 1.74 bits per heavy atom. The van der Waals surface area contributed by atoms with E-state index in [4.69, 9.17) is 10.00 Å². The Kier molecular flexibility index (Phi) is 6.07. The first-order valence-corrected chi connectivity index (χ1v) is 14.3. The van der Waals surface area contributed by atoms with Crippen molar-refractivity contribution in [1.82, 2.24) is 3.97 Å². The molecule has 1 heterocycles. The van der Waals surface area contributed by atoms with Gasteiger partial charge in [0.05, 0.1) is 23.1 Å². The Labute approximate surface area is 195 Å². The second-order valence-electron chi connectivity index (χ2n) is 8.12. The van der Waals surface area contributed by atoms with Crippen LogP contribution < -0.4 is 4.74 Å². The lowest BCUT2D eigenvalue weighted by molar-refractivity contribution is 0.438. The van der Waals surface area contributed by atoms with Crippen molar-refractivity contribution in [1.29, 1.82) is 5.26 Å². The predicted octanol–water partition coefficient (Wildman–Crippen LogP) is 5.94. The van der Waals surface area contributed by atoms with Gasteiger partial charge in [0, 0.05) is 35.4 Å². The highest BCUT2D eigenvalue weighted by molar-refractivity contribution is 7.90. The van der Waals surface area contributed by atoms with Crippen LogP contribution in [0.5, 0.6) is 11.5 Å². The normalized spacial score (nSPS) is 12.0. The van der Waals surface area contributed by atoms with E-state index in [1.807, 2.05) is 0 Å². The van der Waals surface area contributed by atoms with Crippen LogP contribution in [0.2, 0.25) is 0 Å². The van der Waals surface area contributed by atoms with Gasteiger partial charge in [-0.05, 0) is 43.7 Å². The lowest BCUT2D eigenvalue weighted by atomic mass is 10.1. The average molecular weight is 500 g/mol. The first-order chi connectivity index (χ1) is 16.0. The van der Waals surface area contributed by atoms with Crippen molar-refractivity contribution in [3.8, 4) is 17.6 Å². The molecule has 4 rings (SSSR count). The van der Waals surface area contributed by atoms with Crippen LogP contribution in [0.4, 0.5) is 8.78 Å². The zero-order valence-electron chi connectivity index (χ0n) is 18.2. The predicted molar refractivity (Wildman–Crippen MR) is 125 cm³/mol. The maximum Gasteiger partial charge on any atom is 0.268 e. The summed E-state index contributed by atoms with van der Waals surface area (Å²) >= 11 is 0. The second-order valence-corrected chi connectivity index (χ2v) is 13.4. The van der Waals surface area contributed by atoms with Crippen LogP contribution in [0.1, 0.15) is 11.1 Å². The van der Waals surface area contributed by atoms with Gasteiger partial charge in [0.15, 0.2) is 11.6 Å². The molecule has 0 aliphatic rings. The van der Waals surface area contributed by atoms with Crippen LogP contribution >= 0.6 is 7.14 Å². The molecule has 0 aliphatic carbocycles. The standard InChI is InChI=1S/C24H19F2N2O4PS/c1-33(2,29)15-20-19-10-11-28(34(30,31)18-6-4-3-5-7-18)23(19)13-22(26)24(20)32-17-8-9-21(25)16(12-17)14-27/h3-13H,15H2,1-2H3. The molecule has 0 N–H and O–H groups in total. The summed E-state index contributed by atoms with van der Waals surface area (Å²) in [6, 6.07) is 15.3. The van der Waals surface area contributed by atoms with Crippen LogP contribution in [-0.2, 0) is 20.8 Å². The van der Waals surface area contributed by atoms with Crippen LogP contribution in [-0.4, -0.2) is 25.7 Å². The Morgan fingerprint density at radius 1 is 1.03 bits per heavy atom. The lowest BCUT2D eigenvalue weighted by Crippen LogP contribution is -2.12. The molecule has 0 spiro atoms. The number of hydrogen-bond acceptors (Lipinski definition) is 5. The van der Waals surface area contributed by atoms with Gasteiger partial charge >= 0.3 is 0 Å². The fraction of sp³-hybridized carbons (Fsp3) is 0.125. The zero-order valence-corrected chi connectivity index (χ0v) is 19.9. The molecular weight excluding hydrogens is 481 g/mol. The minimum absolute atomic E-state index is 0.0100. The number of hydrogen-bond donors (Lipinski definition) is 0. The van der Waals surface area contributed by atoms with Crippen molar-refractivity contribution in [2.24, 2.45) is 0 Å². The molecule has 0 atom stereocenters. The van der Waals surface area contributed by atoms with E-state index in [-0.39, 0.29) is 39.2 Å². The van der Waals surface area contributed by atoms with Crippen molar-refractivity contribution >= 4 is 28.1 Å². The number of fused-ring (bicyclic) bond motifs is 1. The third-order valence-corrected chi connectivity index (χ3v) is 7.87. The summed E-state index contributed by atoms with van der Waals surface area (Å²) in [5.74, 6) is -1.89. The average Bonchev–Trinajstić information content (AvgIpc) is 3.21. The van der Waals surface area contributed by atoms with Crippen molar-refractivity contribution in [3.05, 3.63) is 89.6 Å². The Morgan fingerprint density at radius 3 is 2.38 bits per heavy atom. The van der Waals surface area contributed by atoms with Crippen molar-refractivity contribution in [2.45, 2.75) is 11.1 Å². The molecule has 0 saturated heterocycles. The number of aromatic nitrogens is 1. The summed E-state index contributed by atoms with van der Waals surface area (Å²) in [6.45, 7) is 3.05. The topological polar surface area (TPSA) is 89.2 Å². The van der Waals surface area contributed by atoms with Crippen LogP contribution in [0, 0.1) is 23.0 Å². The first kappa shape index (κ1) is 23.7. The van der Waals surface area contributed by atoms with Crippen LogP contribution in [0.15, 0.2) is 71.8 Å². The molecule has 1 aromatic heterocycles. The van der Waals surface area contributed by atoms with E-state index < -0.39 is 28.8 Å². The van der Waals surface area contributed by atoms with Gasteiger partial charge in [0.1, 0.15) is 17.6 Å². The van der Waals surface area contributed by atoms with E-state index in [2.05, 4.69) is 0 Å². The Bertz CT molecular complexity index is 1600. The van der Waals surface area contributed by atoms with E-state index in [1.54, 1.807) is 24.3 Å². The molecule has 4 aromatic rings. The molecule has 174 valence electrons. The number of nitriles is 1. The third-order valence-electron chi connectivity index (χ3n) is 5.09. The van der Waals surface area contributed by atoms with Gasteiger partial charge in [0.25, 0.3) is 10.0 Å². The zero-order chi connectivity index (χ0) is 24.7. The van der Waals surface area contributed by atoms with E-state index >= 15 is 4.39 Å². The number of rotatable bonds is 6. The van der Waals surface area contributed by atoms with Crippen molar-refractivity contribution in [2.75, 3.05) is 13.3 Å². The minimum atomic E-state index is -4.02. The molecule has 0 unspecified atom stereocenters. The minimum Gasteiger partial charge on any atom is -0.454 e. The van der Waals surface area contributed by atoms with E-state index in [0.717, 1.165) is 22.2 Å². The maximum atomic E-state index is 15.4. The molecule has 0 bridgehead atoms. The molecule has 0 aliphatic heterocycles. The van der Waals surface area contributed by atoms with E-state index in [9.17, 15) is 17.4 Å². The third kappa shape index (κ3) is 4.47. The smallest absolute Gasteiger partial charge is 0.268 e. The van der Waals surface area contributed by atoms with Gasteiger partial charge in [-0.15, -0.1) is 0 Å². The van der Waals surface area contributed by atoms with E-state index in [0.29, 0.717) is 5.39 Å². The molecule has 0 amide bonds. The van der Waals surface area contributed by atoms with Gasteiger partial charge in [-0.25, -0.2) is 21.2 Å². The number of benzene rings is 3. The van der Waals surface area contributed by atoms with Gasteiger partial charge in [-0.3, -0.25) is 0 Å². The Balaban J connectivity index is 1.93. The fourth-order valence-corrected chi connectivity index (χ4v) is 6.05. The molecule has 6 nitrogen and oxygen atoms in total. The highest BCUT2D eigenvalue weighted by atomic mass is 32.2. The number of ether oxygens (including phenoxy) is 1. The maximum absolute atomic E-state index is 15.4. The first-order valence-electron chi connectivity index (χ1n) is 10.1. The van der Waals surface area contributed by atoms with Crippen molar-refractivity contribution in [3.63, 3.8) is 0 Å². The summed E-state index contributed by atoms with van der Waals surface area (Å²) < 4.78 is 74.8. The van der Waals surface area contributed by atoms with Crippen LogP contribution in [0.3, 0.4) is 0 Å². The monoisotopic (exact) mass is 500 g/mol. The summed E-state index contributed by atoms with van der Waals surface area (Å²) in [5.41, 5.74) is -0.000510. The summed E-state index contributed by atoms with van der Waals surface area (Å²) in [5, 5.41) is 9.42. The summed E-state index contributed by atoms with van der Waals surface area (Å²) in [4.78, 5) is 0.0294. The molecule has 0 fully saturated rings. The van der Waals surface area contributed by atoms with Crippen LogP contribution in [0.25, 0.3) is 10.9 Å². The van der Waals surface area contributed by atoms with Crippen molar-refractivity contribution < 1.29 is 26.5 Å². The van der Waals surface area contributed by atoms with Gasteiger partial charge in [0.2, 0.25) is 0 Å². The molecule has 0 saturated carbocycles.